The number of nitrogens with zero attached hydrogens (tertiary/aromatic N) is 1. The first-order valence-electron chi connectivity index (χ1n) is 9.31. The Bertz CT molecular complexity index is 1320. The largest absolute Gasteiger partial charge is 0.548 e. The van der Waals surface area contributed by atoms with Crippen LogP contribution in [0, 0.1) is 0 Å². The molecular weight excluding hydrogens is 494 g/mol. The van der Waals surface area contributed by atoms with Crippen molar-refractivity contribution in [3.63, 3.8) is 0 Å². The third-order valence-electron chi connectivity index (χ3n) is 4.52. The predicted octanol–water partition coefficient (Wildman–Crippen LogP) is -2.06. The number of fused-ring (bicyclic) bond motifs is 1. The minimum absolute atomic E-state index is 0.0258. The number of rotatable bonds is 7. The Morgan fingerprint density at radius 3 is 2.65 bits per heavy atom. The molecule has 0 radical (unpaired) electrons. The number of aliphatic carboxylic acids is 2. The number of thioether (sulfide) groups is 1. The molecule has 0 fully saturated rings. The van der Waals surface area contributed by atoms with Crippen molar-refractivity contribution in [3.8, 4) is 5.75 Å². The molecule has 178 valence electrons. The molecule has 34 heavy (non-hydrogen) atoms. The zero-order valence-corrected chi connectivity index (χ0v) is 18.5. The highest BCUT2D eigenvalue weighted by Crippen LogP contribution is 2.28. The van der Waals surface area contributed by atoms with Gasteiger partial charge < -0.3 is 40.0 Å². The van der Waals surface area contributed by atoms with E-state index in [4.69, 9.17) is 16.0 Å². The van der Waals surface area contributed by atoms with Crippen LogP contribution in [0.3, 0.4) is 0 Å². The van der Waals surface area contributed by atoms with E-state index in [9.17, 15) is 39.3 Å². The lowest BCUT2D eigenvalue weighted by atomic mass is 10.1. The molecule has 3 rings (SSSR count). The number of hydrogen-bond acceptors (Lipinski definition) is 11. The summed E-state index contributed by atoms with van der Waals surface area (Å²) in [4.78, 5) is 63.1. The number of amides is 2. The van der Waals surface area contributed by atoms with E-state index in [0.717, 1.165) is 23.9 Å². The van der Waals surface area contributed by atoms with Crippen LogP contribution in [-0.2, 0) is 14.4 Å². The van der Waals surface area contributed by atoms with Crippen LogP contribution < -0.4 is 26.5 Å². The number of hydrogen-bond donors (Lipinski definition) is 3. The lowest BCUT2D eigenvalue weighted by molar-refractivity contribution is -0.308. The van der Waals surface area contributed by atoms with Crippen molar-refractivity contribution in [1.29, 1.82) is 0 Å². The number of phenols is 1. The maximum absolute atomic E-state index is 12.4. The number of benzene rings is 1. The quantitative estimate of drug-likeness (QED) is 0.349. The number of phenolic OH excluding ortho intramolecular Hbond substituents is 1. The summed E-state index contributed by atoms with van der Waals surface area (Å²) >= 11 is 6.72. The summed E-state index contributed by atoms with van der Waals surface area (Å²) in [5, 5.41) is 35.4. The molecule has 12 nitrogen and oxygen atoms in total. The number of halogens is 1. The van der Waals surface area contributed by atoms with Crippen molar-refractivity contribution < 1.29 is 38.9 Å². The second kappa shape index (κ2) is 9.97. The zero-order chi connectivity index (χ0) is 25.2. The number of aromatic hydroxyl groups is 1. The lowest BCUT2D eigenvalue weighted by Gasteiger charge is -2.30. The smallest absolute Gasteiger partial charge is 0.349 e. The van der Waals surface area contributed by atoms with E-state index in [1.54, 1.807) is 0 Å². The molecule has 2 heterocycles. The molecule has 2 amide bonds. The SMILES string of the molecule is C=C1CSC(C(NC(=O)CNC(=O)c2cc3cc(Cl)c(O)cc3oc2=O)C(=O)[O-])N=C1C(=O)[O-]. The van der Waals surface area contributed by atoms with Gasteiger partial charge in [-0.05, 0) is 17.7 Å². The Kier molecular flexibility index (Phi) is 7.27. The molecule has 2 aromatic rings. The van der Waals surface area contributed by atoms with E-state index >= 15 is 0 Å². The number of aliphatic imine (C=N–C) groups is 1. The summed E-state index contributed by atoms with van der Waals surface area (Å²) < 4.78 is 4.97. The fourth-order valence-corrected chi connectivity index (χ4v) is 4.12. The van der Waals surface area contributed by atoms with Crippen LogP contribution in [0.5, 0.6) is 5.75 Å². The van der Waals surface area contributed by atoms with Crippen LogP contribution in [0.25, 0.3) is 11.0 Å². The monoisotopic (exact) mass is 507 g/mol. The molecule has 0 bridgehead atoms. The van der Waals surface area contributed by atoms with E-state index in [2.05, 4.69) is 22.2 Å². The summed E-state index contributed by atoms with van der Waals surface area (Å²) in [6.45, 7) is 2.77. The molecule has 0 aliphatic carbocycles. The normalized spacial score (nSPS) is 16.4. The third-order valence-corrected chi connectivity index (χ3v) is 6.06. The van der Waals surface area contributed by atoms with Crippen LogP contribution in [0.1, 0.15) is 10.4 Å². The van der Waals surface area contributed by atoms with Crippen LogP contribution >= 0.6 is 23.4 Å². The van der Waals surface area contributed by atoms with Gasteiger partial charge in [-0.15, -0.1) is 11.8 Å². The first kappa shape index (κ1) is 24.8. The minimum atomic E-state index is -1.73. The second-order valence-corrected chi connectivity index (χ2v) is 8.42. The van der Waals surface area contributed by atoms with Crippen LogP contribution in [-0.4, -0.2) is 58.3 Å². The van der Waals surface area contributed by atoms with Gasteiger partial charge >= 0.3 is 5.63 Å². The molecule has 0 saturated heterocycles. The Labute approximate surface area is 199 Å². The van der Waals surface area contributed by atoms with Gasteiger partial charge in [-0.3, -0.25) is 14.6 Å². The van der Waals surface area contributed by atoms with Crippen molar-refractivity contribution in [2.24, 2.45) is 4.99 Å². The topological polar surface area (TPSA) is 201 Å². The van der Waals surface area contributed by atoms with Gasteiger partial charge in [-0.2, -0.15) is 0 Å². The predicted molar refractivity (Wildman–Crippen MR) is 116 cm³/mol. The van der Waals surface area contributed by atoms with Crippen molar-refractivity contribution in [3.05, 3.63) is 51.4 Å². The molecule has 14 heteroatoms. The van der Waals surface area contributed by atoms with E-state index < -0.39 is 58.6 Å². The summed E-state index contributed by atoms with van der Waals surface area (Å²) in [5.41, 5.74) is -1.94. The Balaban J connectivity index is 1.70. The molecule has 0 saturated carbocycles. The molecule has 2 atom stereocenters. The highest BCUT2D eigenvalue weighted by atomic mass is 35.5. The minimum Gasteiger partial charge on any atom is -0.548 e. The maximum atomic E-state index is 12.4. The number of carboxylic acid groups (broad SMARTS) is 2. The fraction of sp³-hybridized carbons (Fsp3) is 0.200. The van der Waals surface area contributed by atoms with Crippen molar-refractivity contribution >= 4 is 63.8 Å². The summed E-state index contributed by atoms with van der Waals surface area (Å²) in [5.74, 6) is -5.65. The number of carbonyl (C=O) groups excluding carboxylic acids is 4. The fourth-order valence-electron chi connectivity index (χ4n) is 2.89. The van der Waals surface area contributed by atoms with E-state index in [0.29, 0.717) is 0 Å². The van der Waals surface area contributed by atoms with E-state index in [1.165, 1.54) is 6.07 Å². The molecule has 1 aliphatic rings. The second-order valence-electron chi connectivity index (χ2n) is 6.91. The molecular formula is C20H14ClN3O9S-2. The van der Waals surface area contributed by atoms with Gasteiger partial charge in [0.15, 0.2) is 0 Å². The Hall–Kier alpha value is -3.84. The van der Waals surface area contributed by atoms with Crippen LogP contribution in [0.2, 0.25) is 5.02 Å². The van der Waals surface area contributed by atoms with Gasteiger partial charge in [-0.25, -0.2) is 4.79 Å². The molecule has 0 spiro atoms. The lowest BCUT2D eigenvalue weighted by Crippen LogP contribution is -2.55. The highest BCUT2D eigenvalue weighted by Gasteiger charge is 2.29. The Morgan fingerprint density at radius 1 is 1.29 bits per heavy atom. The molecule has 1 aliphatic heterocycles. The number of carbonyl (C=O) groups is 4. The molecule has 2 unspecified atom stereocenters. The zero-order valence-electron chi connectivity index (χ0n) is 17.0. The first-order valence-corrected chi connectivity index (χ1v) is 10.7. The summed E-state index contributed by atoms with van der Waals surface area (Å²) in [6, 6.07) is 1.78. The Morgan fingerprint density at radius 2 is 2.00 bits per heavy atom. The van der Waals surface area contributed by atoms with Crippen LogP contribution in [0.15, 0.2) is 44.6 Å². The number of carboxylic acids is 2. The highest BCUT2D eigenvalue weighted by molar-refractivity contribution is 8.00. The third kappa shape index (κ3) is 5.38. The van der Waals surface area contributed by atoms with Crippen LogP contribution in [0.4, 0.5) is 0 Å². The average molecular weight is 508 g/mol. The average Bonchev–Trinajstić information content (AvgIpc) is 2.76. The van der Waals surface area contributed by atoms with Gasteiger partial charge in [0, 0.05) is 17.2 Å². The first-order chi connectivity index (χ1) is 16.0. The van der Waals surface area contributed by atoms with E-state index in [-0.39, 0.29) is 33.1 Å². The van der Waals surface area contributed by atoms with Gasteiger partial charge in [-0.1, -0.05) is 18.2 Å². The maximum Gasteiger partial charge on any atom is 0.349 e. The summed E-state index contributed by atoms with van der Waals surface area (Å²) in [6.07, 6.45) is 0. The number of nitrogens with one attached hydrogen (secondary N) is 2. The summed E-state index contributed by atoms with van der Waals surface area (Å²) in [7, 11) is 0. The van der Waals surface area contributed by atoms with Crippen molar-refractivity contribution in [2.75, 3.05) is 12.3 Å². The molecule has 1 aromatic heterocycles. The molecule has 1 aromatic carbocycles. The van der Waals surface area contributed by atoms with Gasteiger partial charge in [0.1, 0.15) is 28.3 Å². The van der Waals surface area contributed by atoms with Gasteiger partial charge in [0.2, 0.25) is 5.91 Å². The van der Waals surface area contributed by atoms with E-state index in [1.807, 2.05) is 0 Å². The molecule has 3 N–H and O–H groups in total. The standard InChI is InChI=1S/C20H16ClN3O9S/c1-7-6-34-17(24-14(7)18(28)29)15(19(30)31)23-13(26)5-22-16(27)9-2-8-3-10(21)11(25)4-12(8)33-20(9)32/h2-4,15,17,25H,1,5-6H2,(H,22,27)(H,23,26)(H,28,29)(H,30,31)/p-2. The van der Waals surface area contributed by atoms with Gasteiger partial charge in [0.25, 0.3) is 5.91 Å². The van der Waals surface area contributed by atoms with Crippen molar-refractivity contribution in [1.82, 2.24) is 10.6 Å². The van der Waals surface area contributed by atoms with Crippen molar-refractivity contribution in [2.45, 2.75) is 11.4 Å². The van der Waals surface area contributed by atoms with Gasteiger partial charge in [0.05, 0.1) is 29.2 Å².